The molecule has 100 heavy (non-hydrogen) atoms. The largest absolute Gasteiger partial charge is 0.394 e. The van der Waals surface area contributed by atoms with Crippen LogP contribution < -0.4 is 0 Å². The zero-order valence-electron chi connectivity index (χ0n) is 52.3. The SMILES string of the molecule is OC[C@H]1O[C@H](O[C@H]2[C@H](O)[C@@H](O)[C@@H](O[C@H]3[C@H](O)[C@@H](O)[C@@H](O[C@H]4[C@H](O)[C@@H](O)[C@@H](O[C@H]5[C@H](O)[C@@H](O)[C@@H](O[C@H]6[C@H](O)[C@@H](O)[C@@H](O[C@H]7[C@H](O)[C@@H](O)[C@@H](O[C@H]8[C@H](O)[C@@H](O)[C@@H](O[C@H]9[C@H](O)[C@@H](O)[C@@H](O)O[C@@H]9CO)O[C@@H]8CO)O[C@@H]7CO)O[C@@H]6CO)O[C@@H]5CO)O[C@@H]4CO)O[C@@H]3CO)O[C@@H]2CO)[C@H](O)[C@@H](O)[C@@H]1O. The molecule has 46 heteroatoms. The minimum atomic E-state index is -2.30. The fraction of sp³-hybridized carbons (Fsp3) is 1.00. The molecule has 584 valence electrons. The van der Waals surface area contributed by atoms with Crippen LogP contribution in [0.3, 0.4) is 0 Å². The Morgan fingerprint density at radius 3 is 0.460 bits per heavy atom. The number of ether oxygens (including phenoxy) is 17. The summed E-state index contributed by atoms with van der Waals surface area (Å²) in [6, 6.07) is 0. The van der Waals surface area contributed by atoms with Crippen LogP contribution >= 0.6 is 0 Å². The second-order valence-corrected chi connectivity index (χ2v) is 25.2. The van der Waals surface area contributed by atoms with Crippen LogP contribution in [-0.4, -0.2) is 484 Å². The van der Waals surface area contributed by atoms with E-state index in [0.29, 0.717) is 0 Å². The van der Waals surface area contributed by atoms with Crippen LogP contribution in [-0.2, 0) is 80.5 Å². The molecule has 29 N–H and O–H groups in total. The lowest BCUT2D eigenvalue weighted by Gasteiger charge is -2.50. The van der Waals surface area contributed by atoms with Crippen molar-refractivity contribution < 1.29 is 229 Å². The van der Waals surface area contributed by atoms with E-state index in [2.05, 4.69) is 0 Å². The molecule has 46 nitrogen and oxygen atoms in total. The molecule has 0 radical (unpaired) electrons. The first kappa shape index (κ1) is 82.2. The van der Waals surface area contributed by atoms with Crippen LogP contribution in [0.2, 0.25) is 0 Å². The van der Waals surface area contributed by atoms with Gasteiger partial charge in [0, 0.05) is 0 Å². The Labute approximate surface area is 563 Å². The number of hydrogen-bond donors (Lipinski definition) is 29. The topological polar surface area (TPSA) is 744 Å². The van der Waals surface area contributed by atoms with Crippen molar-refractivity contribution in [3.8, 4) is 0 Å². The molecule has 9 aliphatic rings. The van der Waals surface area contributed by atoms with E-state index in [9.17, 15) is 148 Å². The van der Waals surface area contributed by atoms with Crippen molar-refractivity contribution in [1.82, 2.24) is 0 Å². The van der Waals surface area contributed by atoms with Gasteiger partial charge < -0.3 is 229 Å². The van der Waals surface area contributed by atoms with Gasteiger partial charge in [-0.2, -0.15) is 0 Å². The summed E-state index contributed by atoms with van der Waals surface area (Å²) in [5.41, 5.74) is 0. The molecule has 0 unspecified atom stereocenters. The van der Waals surface area contributed by atoms with Gasteiger partial charge in [-0.1, -0.05) is 0 Å². The lowest BCUT2D eigenvalue weighted by molar-refractivity contribution is -0.400. The van der Waals surface area contributed by atoms with Gasteiger partial charge >= 0.3 is 0 Å². The van der Waals surface area contributed by atoms with Crippen LogP contribution in [0, 0.1) is 0 Å². The van der Waals surface area contributed by atoms with Gasteiger partial charge in [-0.15, -0.1) is 0 Å². The molecule has 0 aromatic carbocycles. The Balaban J connectivity index is 0.771. The van der Waals surface area contributed by atoms with Gasteiger partial charge in [0.15, 0.2) is 56.6 Å². The van der Waals surface area contributed by atoms with Gasteiger partial charge in [0.1, 0.15) is 220 Å². The summed E-state index contributed by atoms with van der Waals surface area (Å²) in [4.78, 5) is 0. The summed E-state index contributed by atoms with van der Waals surface area (Å²) in [6.07, 6.45) is -89.5. The predicted molar refractivity (Wildman–Crippen MR) is 297 cm³/mol. The van der Waals surface area contributed by atoms with Crippen molar-refractivity contribution in [3.63, 3.8) is 0 Å². The molecule has 9 heterocycles. The van der Waals surface area contributed by atoms with E-state index < -0.39 is 336 Å². The van der Waals surface area contributed by atoms with Crippen molar-refractivity contribution in [3.05, 3.63) is 0 Å². The molecule has 9 aliphatic heterocycles. The maximum absolute atomic E-state index is 11.5. The van der Waals surface area contributed by atoms with E-state index in [0.717, 1.165) is 0 Å². The number of rotatable bonds is 25. The summed E-state index contributed by atoms with van der Waals surface area (Å²) >= 11 is 0. The number of aliphatic hydroxyl groups excluding tert-OH is 29. The van der Waals surface area contributed by atoms with E-state index in [4.69, 9.17) is 80.5 Å². The average molecular weight is 1480 g/mol. The van der Waals surface area contributed by atoms with Crippen LogP contribution in [0.1, 0.15) is 0 Å². The summed E-state index contributed by atoms with van der Waals surface area (Å²) in [5, 5.41) is 311. The third-order valence-corrected chi connectivity index (χ3v) is 18.8. The van der Waals surface area contributed by atoms with Crippen LogP contribution in [0.25, 0.3) is 0 Å². The molecule has 0 spiro atoms. The highest BCUT2D eigenvalue weighted by Gasteiger charge is 2.60. The van der Waals surface area contributed by atoms with Gasteiger partial charge in [0.25, 0.3) is 0 Å². The molecule has 9 fully saturated rings. The standard InChI is InChI=1S/C54H92O46/c55-1-10-19(64)20(65)30(75)47(85-10)94-39-12(3-57)87-49(32(77)22(39)67)96-41-14(5-59)89-51(34(79)24(41)69)98-43-16(7-61)91-53(36(81)26(43)71)100-45-18(9-63)92-54(37(82)28(45)73)99-44-17(8-62)90-52(35(80)27(44)72)97-42-15(6-60)88-50(33(78)25(42)70)95-40-13(4-58)86-48(31(76)23(40)68)93-38-11(2-56)84-46(83)29(74)21(38)66/h10-83H,1-9H2/t10-,11-,12-,13-,14-,15-,16-,17-,18-,19-,20+,21-,22-,23-,24-,25-,26-,27-,28-,29-,30-,31-,32-,33-,34-,35-,36-,37-,38-,39-,40-,41-,42-,43-,44-,45-,46+,47-,48-,49-,50-,51-,52-,53-,54-/m1/s1. The van der Waals surface area contributed by atoms with Gasteiger partial charge in [-0.25, -0.2) is 0 Å². The molecular formula is C54H92O46. The zero-order valence-corrected chi connectivity index (χ0v) is 52.3. The minimum absolute atomic E-state index is 0.862. The predicted octanol–water partition coefficient (Wildman–Crippen LogP) is -20.6. The van der Waals surface area contributed by atoms with E-state index in [1.807, 2.05) is 0 Å². The molecule has 0 bridgehead atoms. The molecule has 0 aromatic rings. The van der Waals surface area contributed by atoms with Gasteiger partial charge in [0.2, 0.25) is 0 Å². The smallest absolute Gasteiger partial charge is 0.187 e. The zero-order chi connectivity index (χ0) is 73.4. The van der Waals surface area contributed by atoms with Crippen LogP contribution in [0.5, 0.6) is 0 Å². The molecular weight excluding hydrogens is 1380 g/mol. The maximum atomic E-state index is 11.5. The molecule has 9 rings (SSSR count). The molecule has 9 saturated heterocycles. The molecule has 0 saturated carbocycles. The van der Waals surface area contributed by atoms with Crippen LogP contribution in [0.15, 0.2) is 0 Å². The average Bonchev–Trinajstić information content (AvgIpc) is 0.779. The highest BCUT2D eigenvalue weighted by atomic mass is 16.8. The molecule has 0 aromatic heterocycles. The van der Waals surface area contributed by atoms with Crippen molar-refractivity contribution in [2.45, 2.75) is 276 Å². The number of hydrogen-bond acceptors (Lipinski definition) is 46. The highest BCUT2D eigenvalue weighted by molar-refractivity contribution is 5.02. The van der Waals surface area contributed by atoms with Crippen molar-refractivity contribution in [2.75, 3.05) is 59.5 Å². The van der Waals surface area contributed by atoms with Gasteiger partial charge in [0.05, 0.1) is 59.5 Å². The second-order valence-electron chi connectivity index (χ2n) is 25.2. The Morgan fingerprint density at radius 1 is 0.150 bits per heavy atom. The fourth-order valence-corrected chi connectivity index (χ4v) is 13.0. The molecule has 0 amide bonds. The van der Waals surface area contributed by atoms with Crippen LogP contribution in [0.4, 0.5) is 0 Å². The van der Waals surface area contributed by atoms with E-state index in [1.54, 1.807) is 0 Å². The number of aliphatic hydroxyl groups is 29. The summed E-state index contributed by atoms with van der Waals surface area (Å²) in [6.45, 7) is -9.29. The molecule has 45 atom stereocenters. The first-order chi connectivity index (χ1) is 47.5. The van der Waals surface area contributed by atoms with Crippen molar-refractivity contribution >= 4 is 0 Å². The quantitative estimate of drug-likeness (QED) is 0.0404. The Bertz CT molecular complexity index is 2440. The normalized spacial score (nSPS) is 53.7. The van der Waals surface area contributed by atoms with E-state index >= 15 is 0 Å². The summed E-state index contributed by atoms with van der Waals surface area (Å²) in [5.74, 6) is 0. The minimum Gasteiger partial charge on any atom is -0.394 e. The summed E-state index contributed by atoms with van der Waals surface area (Å²) in [7, 11) is 0. The second kappa shape index (κ2) is 35.5. The third-order valence-electron chi connectivity index (χ3n) is 18.8. The monoisotopic (exact) mass is 1480 g/mol. The van der Waals surface area contributed by atoms with Crippen molar-refractivity contribution in [1.29, 1.82) is 0 Å². The molecule has 0 aliphatic carbocycles. The third kappa shape index (κ3) is 16.7. The lowest BCUT2D eigenvalue weighted by atomic mass is 9.95. The Kier molecular flexibility index (Phi) is 29.2. The Hall–Kier alpha value is -1.84. The van der Waals surface area contributed by atoms with E-state index in [1.165, 1.54) is 0 Å². The highest BCUT2D eigenvalue weighted by Crippen LogP contribution is 2.40. The van der Waals surface area contributed by atoms with E-state index in [-0.39, 0.29) is 0 Å². The first-order valence-corrected chi connectivity index (χ1v) is 31.7. The van der Waals surface area contributed by atoms with Crippen molar-refractivity contribution in [2.24, 2.45) is 0 Å². The Morgan fingerprint density at radius 2 is 0.290 bits per heavy atom. The summed E-state index contributed by atoms with van der Waals surface area (Å²) < 4.78 is 94.9. The maximum Gasteiger partial charge on any atom is 0.187 e. The van der Waals surface area contributed by atoms with Gasteiger partial charge in [-0.3, -0.25) is 0 Å². The van der Waals surface area contributed by atoms with Gasteiger partial charge in [-0.05, 0) is 0 Å². The first-order valence-electron chi connectivity index (χ1n) is 31.7. The lowest BCUT2D eigenvalue weighted by Crippen LogP contribution is -2.68. The fourth-order valence-electron chi connectivity index (χ4n) is 13.0.